The summed E-state index contributed by atoms with van der Waals surface area (Å²) in [7, 11) is -4.75. The molecule has 3 heterocycles. The monoisotopic (exact) mass is 570 g/mol. The SMILES string of the molecule is O=C(CCC1N[C@H]([C@H](O)CO)[C@H](O)[C@H](O)[C@H]1O)NS(=O)(=O)OC[C@H]1O[C@@H](n2ccc(=O)[nH]c2=O)[C@H](O)[C@@H]1O. The van der Waals surface area contributed by atoms with Gasteiger partial charge in [0, 0.05) is 24.7 Å². The molecule has 10 atom stereocenters. The molecule has 0 spiro atoms. The van der Waals surface area contributed by atoms with Crippen molar-refractivity contribution in [2.24, 2.45) is 0 Å². The summed E-state index contributed by atoms with van der Waals surface area (Å²) in [6, 6.07) is -1.33. The number of nitrogens with zero attached hydrogens (tertiary/aromatic N) is 1. The van der Waals surface area contributed by atoms with Crippen LogP contribution in [-0.2, 0) is 24.0 Å². The van der Waals surface area contributed by atoms with E-state index < -0.39 is 108 Å². The molecule has 1 aromatic rings. The van der Waals surface area contributed by atoms with Gasteiger partial charge in [-0.2, -0.15) is 8.42 Å². The molecular weight excluding hydrogens is 540 g/mol. The smallest absolute Gasteiger partial charge is 0.362 e. The lowest BCUT2D eigenvalue weighted by Crippen LogP contribution is -2.68. The van der Waals surface area contributed by atoms with E-state index in [1.54, 1.807) is 4.72 Å². The van der Waals surface area contributed by atoms with Crippen LogP contribution in [0.25, 0.3) is 0 Å². The highest BCUT2D eigenvalue weighted by molar-refractivity contribution is 7.85. The normalized spacial score (nSPS) is 34.7. The van der Waals surface area contributed by atoms with Crippen LogP contribution in [0, 0.1) is 0 Å². The van der Waals surface area contributed by atoms with E-state index >= 15 is 0 Å². The van der Waals surface area contributed by atoms with E-state index in [9.17, 15) is 53.4 Å². The summed E-state index contributed by atoms with van der Waals surface area (Å²) in [5.74, 6) is -1.09. The van der Waals surface area contributed by atoms with Crippen molar-refractivity contribution in [1.29, 1.82) is 0 Å². The summed E-state index contributed by atoms with van der Waals surface area (Å²) in [6.45, 7) is -1.64. The molecule has 38 heavy (non-hydrogen) atoms. The van der Waals surface area contributed by atoms with Crippen molar-refractivity contribution in [3.05, 3.63) is 33.1 Å². The zero-order chi connectivity index (χ0) is 28.4. The quantitative estimate of drug-likeness (QED) is 0.125. The van der Waals surface area contributed by atoms with E-state index in [2.05, 4.69) is 9.50 Å². The van der Waals surface area contributed by atoms with Crippen molar-refractivity contribution in [2.75, 3.05) is 13.2 Å². The molecule has 2 fully saturated rings. The molecule has 0 saturated carbocycles. The molecule has 1 amide bonds. The summed E-state index contributed by atoms with van der Waals surface area (Å²) in [5, 5.41) is 71.9. The van der Waals surface area contributed by atoms with Gasteiger partial charge in [-0.1, -0.05) is 0 Å². The second-order valence-corrected chi connectivity index (χ2v) is 10.2. The number of aliphatic hydroxyl groups excluding tert-OH is 7. The molecule has 0 aliphatic carbocycles. The van der Waals surface area contributed by atoms with Gasteiger partial charge in [0.15, 0.2) is 6.23 Å². The average Bonchev–Trinajstić information content (AvgIpc) is 3.13. The molecule has 2 aliphatic heterocycles. The molecule has 3 rings (SSSR count). The third-order valence-corrected chi connectivity index (χ3v) is 7.18. The van der Waals surface area contributed by atoms with Crippen molar-refractivity contribution in [3.63, 3.8) is 0 Å². The lowest BCUT2D eigenvalue weighted by Gasteiger charge is -2.43. The van der Waals surface area contributed by atoms with Crippen LogP contribution < -0.4 is 21.3 Å². The summed E-state index contributed by atoms with van der Waals surface area (Å²) in [5.41, 5.74) is -1.67. The first-order valence-corrected chi connectivity index (χ1v) is 12.8. The molecule has 216 valence electrons. The molecule has 0 aromatic carbocycles. The number of carbonyl (C=O) groups excluding carboxylic acids is 1. The molecule has 1 aromatic heterocycles. The van der Waals surface area contributed by atoms with E-state index in [0.717, 1.165) is 16.8 Å². The molecule has 2 aliphatic rings. The fourth-order valence-electron chi connectivity index (χ4n) is 4.19. The van der Waals surface area contributed by atoms with Gasteiger partial charge in [-0.05, 0) is 6.42 Å². The highest BCUT2D eigenvalue weighted by Crippen LogP contribution is 2.28. The number of H-pyrrole nitrogens is 1. The molecule has 19 heteroatoms. The van der Waals surface area contributed by atoms with E-state index in [1.165, 1.54) is 0 Å². The van der Waals surface area contributed by atoms with Crippen LogP contribution in [0.1, 0.15) is 19.1 Å². The number of rotatable bonds is 10. The first kappa shape index (κ1) is 30.2. The first-order chi connectivity index (χ1) is 17.8. The van der Waals surface area contributed by atoms with Gasteiger partial charge in [-0.15, -0.1) is 0 Å². The third kappa shape index (κ3) is 6.82. The van der Waals surface area contributed by atoms with Crippen LogP contribution in [0.3, 0.4) is 0 Å². The summed E-state index contributed by atoms with van der Waals surface area (Å²) < 4.78 is 36.7. The van der Waals surface area contributed by atoms with E-state index in [-0.39, 0.29) is 6.42 Å². The average molecular weight is 571 g/mol. The van der Waals surface area contributed by atoms with Crippen LogP contribution in [0.2, 0.25) is 0 Å². The minimum atomic E-state index is -4.75. The Morgan fingerprint density at radius 1 is 1.11 bits per heavy atom. The van der Waals surface area contributed by atoms with Gasteiger partial charge < -0.3 is 45.8 Å². The minimum Gasteiger partial charge on any atom is -0.394 e. The fraction of sp³-hybridized carbons (Fsp3) is 0.737. The molecule has 18 nitrogen and oxygen atoms in total. The number of aromatic amines is 1. The lowest BCUT2D eigenvalue weighted by atomic mass is 9.86. The Balaban J connectivity index is 1.53. The van der Waals surface area contributed by atoms with Crippen molar-refractivity contribution in [1.82, 2.24) is 19.6 Å². The predicted octanol–water partition coefficient (Wildman–Crippen LogP) is -6.91. The molecule has 0 radical (unpaired) electrons. The fourth-order valence-corrected chi connectivity index (χ4v) is 4.94. The number of aliphatic hydroxyl groups is 7. The highest BCUT2D eigenvalue weighted by Gasteiger charge is 2.46. The highest BCUT2D eigenvalue weighted by atomic mass is 32.2. The molecule has 0 bridgehead atoms. The van der Waals surface area contributed by atoms with Crippen LogP contribution >= 0.6 is 0 Å². The topological polar surface area (TPSA) is 290 Å². The first-order valence-electron chi connectivity index (χ1n) is 11.4. The van der Waals surface area contributed by atoms with Gasteiger partial charge in [0.05, 0.1) is 31.5 Å². The zero-order valence-electron chi connectivity index (χ0n) is 19.6. The number of carbonyl (C=O) groups is 1. The number of piperidine rings is 1. The summed E-state index contributed by atoms with van der Waals surface area (Å²) in [4.78, 5) is 37.2. The Kier molecular flexibility index (Phi) is 9.76. The standard InChI is InChI=1S/C19H30N4O14S/c24-5-8(25)12-15(30)16(31)13(28)7(20-12)1-2-11(27)22-38(34,35)36-6-9-14(29)17(32)18(37-9)23-4-3-10(26)21-19(23)33/h3-4,7-9,12-18,20,24-25,28-32H,1-2,5-6H2,(H,22,27)(H,21,26,33)/t7?,8-,9-,12-,13+,14-,15+,16-,17-,18-/m1/s1. The molecule has 2 saturated heterocycles. The maximum absolute atomic E-state index is 12.2. The number of hydrogen-bond donors (Lipinski definition) is 10. The number of amides is 1. The Morgan fingerprint density at radius 2 is 1.79 bits per heavy atom. The Hall–Kier alpha value is -2.30. The van der Waals surface area contributed by atoms with Gasteiger partial charge in [-0.25, -0.2) is 9.52 Å². The molecule has 1 unspecified atom stereocenters. The van der Waals surface area contributed by atoms with E-state index in [1.807, 2.05) is 4.98 Å². The van der Waals surface area contributed by atoms with Gasteiger partial charge >= 0.3 is 16.0 Å². The number of aromatic nitrogens is 2. The van der Waals surface area contributed by atoms with Gasteiger partial charge in [0.25, 0.3) is 5.56 Å². The zero-order valence-corrected chi connectivity index (χ0v) is 20.4. The maximum Gasteiger partial charge on any atom is 0.362 e. The second-order valence-electron chi connectivity index (χ2n) is 8.89. The van der Waals surface area contributed by atoms with Gasteiger partial charge in [0.2, 0.25) is 5.91 Å². The van der Waals surface area contributed by atoms with Crippen LogP contribution in [-0.4, -0.2) is 128 Å². The van der Waals surface area contributed by atoms with Crippen molar-refractivity contribution >= 4 is 16.2 Å². The summed E-state index contributed by atoms with van der Waals surface area (Å²) >= 11 is 0. The van der Waals surface area contributed by atoms with Crippen LogP contribution in [0.15, 0.2) is 21.9 Å². The molecule has 10 N–H and O–H groups in total. The third-order valence-electron chi connectivity index (χ3n) is 6.26. The van der Waals surface area contributed by atoms with Crippen molar-refractivity contribution < 1.29 is 57.9 Å². The Morgan fingerprint density at radius 3 is 2.42 bits per heavy atom. The minimum absolute atomic E-state index is 0.257. The number of ether oxygens (including phenoxy) is 1. The van der Waals surface area contributed by atoms with Gasteiger partial charge in [-0.3, -0.25) is 23.3 Å². The number of nitrogens with one attached hydrogen (secondary N) is 3. The van der Waals surface area contributed by atoms with E-state index in [0.29, 0.717) is 0 Å². The number of hydrogen-bond acceptors (Lipinski definition) is 15. The van der Waals surface area contributed by atoms with Crippen molar-refractivity contribution in [3.8, 4) is 0 Å². The second kappa shape index (κ2) is 12.3. The molecular formula is C19H30N4O14S. The predicted molar refractivity (Wildman–Crippen MR) is 121 cm³/mol. The van der Waals surface area contributed by atoms with Crippen LogP contribution in [0.5, 0.6) is 0 Å². The maximum atomic E-state index is 12.2. The van der Waals surface area contributed by atoms with Crippen molar-refractivity contribution in [2.45, 2.75) is 73.9 Å². The van der Waals surface area contributed by atoms with Crippen LogP contribution in [0.4, 0.5) is 0 Å². The Labute approximate surface area is 214 Å². The van der Waals surface area contributed by atoms with Gasteiger partial charge in [0.1, 0.15) is 30.5 Å². The Bertz CT molecular complexity index is 1190. The largest absolute Gasteiger partial charge is 0.394 e. The van der Waals surface area contributed by atoms with E-state index in [4.69, 9.17) is 9.84 Å². The lowest BCUT2D eigenvalue weighted by molar-refractivity contribution is -0.137. The summed E-state index contributed by atoms with van der Waals surface area (Å²) in [6.07, 6.45) is -12.5.